The van der Waals surface area contributed by atoms with Crippen molar-refractivity contribution in [3.63, 3.8) is 0 Å². The molecule has 1 aliphatic rings. The molecule has 0 spiro atoms. The van der Waals surface area contributed by atoms with E-state index in [-0.39, 0.29) is 5.91 Å². The zero-order chi connectivity index (χ0) is 12.3. The average molecular weight is 231 g/mol. The third kappa shape index (κ3) is 2.72. The van der Waals surface area contributed by atoms with Crippen LogP contribution in [0.5, 0.6) is 0 Å². The van der Waals surface area contributed by atoms with Gasteiger partial charge < -0.3 is 10.0 Å². The van der Waals surface area contributed by atoms with Gasteiger partial charge in [0.15, 0.2) is 0 Å². The molecule has 1 N–H and O–H groups in total. The number of nitrogens with zero attached hydrogens (tertiary/aromatic N) is 1. The van der Waals surface area contributed by atoms with Gasteiger partial charge in [0.1, 0.15) is 0 Å². The Hall–Kier alpha value is -2.10. The van der Waals surface area contributed by atoms with Crippen molar-refractivity contribution in [2.45, 2.75) is 13.0 Å². The molecule has 0 fully saturated rings. The van der Waals surface area contributed by atoms with Crippen LogP contribution in [0.25, 0.3) is 0 Å². The Morgan fingerprint density at radius 3 is 2.59 bits per heavy atom. The molecule has 1 aromatic rings. The van der Waals surface area contributed by atoms with E-state index in [9.17, 15) is 9.59 Å². The molecule has 0 saturated heterocycles. The number of benzene rings is 1. The first kappa shape index (κ1) is 11.4. The van der Waals surface area contributed by atoms with Crippen LogP contribution in [0.3, 0.4) is 0 Å². The van der Waals surface area contributed by atoms with Gasteiger partial charge in [-0.3, -0.25) is 4.79 Å². The lowest BCUT2D eigenvalue weighted by Gasteiger charge is -2.27. The van der Waals surface area contributed by atoms with Gasteiger partial charge in [-0.2, -0.15) is 0 Å². The summed E-state index contributed by atoms with van der Waals surface area (Å²) in [6, 6.07) is 7.99. The molecule has 1 aliphatic heterocycles. The molecule has 1 heterocycles. The number of hydrogen-bond donors (Lipinski definition) is 1. The van der Waals surface area contributed by atoms with Crippen molar-refractivity contribution in [2.24, 2.45) is 0 Å². The molecule has 0 saturated carbocycles. The maximum atomic E-state index is 11.7. The lowest BCUT2D eigenvalue weighted by molar-refractivity contribution is -0.132. The van der Waals surface area contributed by atoms with E-state index in [1.807, 2.05) is 18.2 Å². The Labute approximate surface area is 99.2 Å². The lowest BCUT2D eigenvalue weighted by atomic mass is 10.00. The van der Waals surface area contributed by atoms with Gasteiger partial charge in [-0.1, -0.05) is 24.3 Å². The van der Waals surface area contributed by atoms with Crippen LogP contribution in [0.2, 0.25) is 0 Å². The molecule has 88 valence electrons. The SMILES string of the molecule is O=C(O)/C=C\C(=O)N1CCc2ccccc2C1. The second-order valence-corrected chi connectivity index (χ2v) is 3.95. The van der Waals surface area contributed by atoms with Gasteiger partial charge >= 0.3 is 5.97 Å². The summed E-state index contributed by atoms with van der Waals surface area (Å²) in [7, 11) is 0. The van der Waals surface area contributed by atoms with E-state index in [0.717, 1.165) is 24.1 Å². The first-order valence-corrected chi connectivity index (χ1v) is 5.43. The highest BCUT2D eigenvalue weighted by Gasteiger charge is 2.18. The number of carboxylic acid groups (broad SMARTS) is 1. The van der Waals surface area contributed by atoms with Crippen molar-refractivity contribution in [2.75, 3.05) is 6.54 Å². The first-order chi connectivity index (χ1) is 8.16. The standard InChI is InChI=1S/C13H13NO3/c15-12(5-6-13(16)17)14-8-7-10-3-1-2-4-11(10)9-14/h1-6H,7-9H2,(H,16,17)/b6-5-. The van der Waals surface area contributed by atoms with E-state index in [2.05, 4.69) is 6.07 Å². The summed E-state index contributed by atoms with van der Waals surface area (Å²) in [5.74, 6) is -1.35. The topological polar surface area (TPSA) is 57.6 Å². The number of rotatable bonds is 2. The van der Waals surface area contributed by atoms with Gasteiger partial charge in [0, 0.05) is 25.2 Å². The number of carboxylic acids is 1. The van der Waals surface area contributed by atoms with E-state index in [4.69, 9.17) is 5.11 Å². The van der Waals surface area contributed by atoms with Crippen LogP contribution in [0, 0.1) is 0 Å². The van der Waals surface area contributed by atoms with Crippen LogP contribution in [0.1, 0.15) is 11.1 Å². The van der Waals surface area contributed by atoms with Gasteiger partial charge in [-0.05, 0) is 17.5 Å². The number of amides is 1. The van der Waals surface area contributed by atoms with Crippen molar-refractivity contribution in [1.82, 2.24) is 4.90 Å². The molecule has 0 atom stereocenters. The Bertz CT molecular complexity index is 479. The smallest absolute Gasteiger partial charge is 0.328 e. The second kappa shape index (κ2) is 4.82. The third-order valence-corrected chi connectivity index (χ3v) is 2.81. The van der Waals surface area contributed by atoms with E-state index in [1.165, 1.54) is 5.56 Å². The van der Waals surface area contributed by atoms with Gasteiger partial charge in [-0.15, -0.1) is 0 Å². The predicted octanol–water partition coefficient (Wildman–Crippen LogP) is 1.21. The quantitative estimate of drug-likeness (QED) is 0.778. The molecular formula is C13H13NO3. The van der Waals surface area contributed by atoms with E-state index in [0.29, 0.717) is 13.1 Å². The Balaban J connectivity index is 2.07. The third-order valence-electron chi connectivity index (χ3n) is 2.81. The number of fused-ring (bicyclic) bond motifs is 1. The van der Waals surface area contributed by atoms with E-state index in [1.54, 1.807) is 4.90 Å². The normalized spacial score (nSPS) is 14.7. The molecule has 1 aromatic carbocycles. The minimum atomic E-state index is -1.10. The number of carbonyl (C=O) groups is 2. The first-order valence-electron chi connectivity index (χ1n) is 5.43. The molecule has 0 aromatic heterocycles. The summed E-state index contributed by atoms with van der Waals surface area (Å²) >= 11 is 0. The lowest BCUT2D eigenvalue weighted by Crippen LogP contribution is -2.34. The van der Waals surface area contributed by atoms with Crippen LogP contribution in [0.15, 0.2) is 36.4 Å². The molecule has 0 unspecified atom stereocenters. The molecule has 0 radical (unpaired) electrons. The minimum Gasteiger partial charge on any atom is -0.478 e. The van der Waals surface area contributed by atoms with Gasteiger partial charge in [0.25, 0.3) is 0 Å². The minimum absolute atomic E-state index is 0.248. The monoisotopic (exact) mass is 231 g/mol. The molecule has 17 heavy (non-hydrogen) atoms. The summed E-state index contributed by atoms with van der Waals surface area (Å²) in [5, 5.41) is 8.46. The molecule has 2 rings (SSSR count). The predicted molar refractivity (Wildman–Crippen MR) is 62.3 cm³/mol. The fourth-order valence-corrected chi connectivity index (χ4v) is 1.93. The summed E-state index contributed by atoms with van der Waals surface area (Å²) in [6.45, 7) is 1.19. The zero-order valence-corrected chi connectivity index (χ0v) is 9.30. The maximum Gasteiger partial charge on any atom is 0.328 e. The van der Waals surface area contributed by atoms with Gasteiger partial charge in [0.2, 0.25) is 5.91 Å². The summed E-state index contributed by atoms with van der Waals surface area (Å²) in [4.78, 5) is 23.7. The maximum absolute atomic E-state index is 11.7. The van der Waals surface area contributed by atoms with Crippen molar-refractivity contribution in [3.8, 4) is 0 Å². The van der Waals surface area contributed by atoms with Crippen molar-refractivity contribution in [3.05, 3.63) is 47.5 Å². The summed E-state index contributed by atoms with van der Waals surface area (Å²) in [6.07, 6.45) is 2.81. The summed E-state index contributed by atoms with van der Waals surface area (Å²) in [5.41, 5.74) is 2.40. The number of hydrogen-bond acceptors (Lipinski definition) is 2. The molecule has 0 aliphatic carbocycles. The van der Waals surface area contributed by atoms with Crippen LogP contribution in [-0.4, -0.2) is 28.4 Å². The van der Waals surface area contributed by atoms with Crippen LogP contribution < -0.4 is 0 Å². The van der Waals surface area contributed by atoms with Crippen molar-refractivity contribution < 1.29 is 14.7 Å². The highest BCUT2D eigenvalue weighted by molar-refractivity contribution is 5.94. The van der Waals surface area contributed by atoms with Crippen LogP contribution in [-0.2, 0) is 22.6 Å². The van der Waals surface area contributed by atoms with Crippen LogP contribution >= 0.6 is 0 Å². The molecule has 1 amide bonds. The number of carbonyl (C=O) groups excluding carboxylic acids is 1. The molecular weight excluding hydrogens is 218 g/mol. The highest BCUT2D eigenvalue weighted by Crippen LogP contribution is 2.18. The number of aliphatic carboxylic acids is 1. The van der Waals surface area contributed by atoms with Crippen LogP contribution in [0.4, 0.5) is 0 Å². The Kier molecular flexibility index (Phi) is 3.23. The van der Waals surface area contributed by atoms with Gasteiger partial charge in [-0.25, -0.2) is 4.79 Å². The Morgan fingerprint density at radius 1 is 1.18 bits per heavy atom. The zero-order valence-electron chi connectivity index (χ0n) is 9.30. The Morgan fingerprint density at radius 2 is 1.88 bits per heavy atom. The summed E-state index contributed by atoms with van der Waals surface area (Å²) < 4.78 is 0. The fraction of sp³-hybridized carbons (Fsp3) is 0.231. The molecule has 4 nitrogen and oxygen atoms in total. The fourth-order valence-electron chi connectivity index (χ4n) is 1.93. The van der Waals surface area contributed by atoms with E-state index >= 15 is 0 Å². The second-order valence-electron chi connectivity index (χ2n) is 3.95. The van der Waals surface area contributed by atoms with E-state index < -0.39 is 5.97 Å². The van der Waals surface area contributed by atoms with Crippen molar-refractivity contribution >= 4 is 11.9 Å². The molecule has 4 heteroatoms. The largest absolute Gasteiger partial charge is 0.478 e. The molecule has 0 bridgehead atoms. The average Bonchev–Trinajstić information content (AvgIpc) is 2.35. The van der Waals surface area contributed by atoms with Crippen molar-refractivity contribution in [1.29, 1.82) is 0 Å². The van der Waals surface area contributed by atoms with Gasteiger partial charge in [0.05, 0.1) is 0 Å². The highest BCUT2D eigenvalue weighted by atomic mass is 16.4.